The Balaban J connectivity index is 0.000000301. The van der Waals surface area contributed by atoms with Gasteiger partial charge in [-0.15, -0.1) is 0 Å². The average Bonchev–Trinajstić information content (AvgIpc) is 3.08. The standard InChI is InChI=1S/C15H20N2O.C2H2O4/c16-11-13-10-15(13,12-6-2-1-3-7-12)14(18)17-8-4-5-9-17;3-1(4)2(5)6/h1-3,6-7,13H,4-5,8-11,16H2;(H,3,4)(H,5,6)/t13-,15-;/m0./s1. The van der Waals surface area contributed by atoms with Crippen LogP contribution in [0.15, 0.2) is 30.3 Å². The molecular weight excluding hydrogens is 312 g/mol. The van der Waals surface area contributed by atoms with E-state index in [1.807, 2.05) is 23.1 Å². The molecule has 1 saturated heterocycles. The topological polar surface area (TPSA) is 121 Å². The molecule has 1 aromatic rings. The van der Waals surface area contributed by atoms with E-state index in [1.165, 1.54) is 0 Å². The summed E-state index contributed by atoms with van der Waals surface area (Å²) in [5, 5.41) is 14.8. The van der Waals surface area contributed by atoms with Crippen molar-refractivity contribution in [3.05, 3.63) is 35.9 Å². The Labute approximate surface area is 140 Å². The lowest BCUT2D eigenvalue weighted by atomic mass is 9.91. The van der Waals surface area contributed by atoms with Crippen LogP contribution >= 0.6 is 0 Å². The Bertz CT molecular complexity index is 601. The number of carbonyl (C=O) groups excluding carboxylic acids is 1. The first-order valence-electron chi connectivity index (χ1n) is 7.94. The molecule has 1 saturated carbocycles. The zero-order chi connectivity index (χ0) is 17.7. The van der Waals surface area contributed by atoms with Crippen molar-refractivity contribution in [2.45, 2.75) is 24.7 Å². The fourth-order valence-corrected chi connectivity index (χ4v) is 3.29. The van der Waals surface area contributed by atoms with E-state index in [0.29, 0.717) is 18.4 Å². The number of rotatable bonds is 3. The summed E-state index contributed by atoms with van der Waals surface area (Å²) < 4.78 is 0. The molecule has 7 nitrogen and oxygen atoms in total. The molecule has 3 rings (SSSR count). The van der Waals surface area contributed by atoms with Crippen LogP contribution in [0.25, 0.3) is 0 Å². The van der Waals surface area contributed by atoms with Gasteiger partial charge in [-0.25, -0.2) is 9.59 Å². The summed E-state index contributed by atoms with van der Waals surface area (Å²) >= 11 is 0. The number of nitrogens with two attached hydrogens (primary N) is 1. The van der Waals surface area contributed by atoms with Gasteiger partial charge in [0, 0.05) is 13.1 Å². The Morgan fingerprint density at radius 2 is 1.62 bits per heavy atom. The molecule has 2 aliphatic rings. The number of hydrogen-bond acceptors (Lipinski definition) is 4. The van der Waals surface area contributed by atoms with E-state index in [9.17, 15) is 4.79 Å². The van der Waals surface area contributed by atoms with Crippen LogP contribution in [0.4, 0.5) is 0 Å². The van der Waals surface area contributed by atoms with Gasteiger partial charge < -0.3 is 20.8 Å². The Hall–Kier alpha value is -2.41. The summed E-state index contributed by atoms with van der Waals surface area (Å²) in [7, 11) is 0. The molecule has 1 aliphatic heterocycles. The van der Waals surface area contributed by atoms with Gasteiger partial charge in [-0.2, -0.15) is 0 Å². The maximum Gasteiger partial charge on any atom is 0.414 e. The Kier molecular flexibility index (Phi) is 5.56. The monoisotopic (exact) mass is 334 g/mol. The van der Waals surface area contributed by atoms with Crippen LogP contribution in [-0.4, -0.2) is 52.6 Å². The molecule has 1 amide bonds. The second kappa shape index (κ2) is 7.44. The highest BCUT2D eigenvalue weighted by molar-refractivity contribution is 6.27. The van der Waals surface area contributed by atoms with Crippen LogP contribution in [-0.2, 0) is 19.8 Å². The highest BCUT2D eigenvalue weighted by Crippen LogP contribution is 2.55. The largest absolute Gasteiger partial charge is 0.473 e. The minimum atomic E-state index is -1.82. The Morgan fingerprint density at radius 3 is 2.04 bits per heavy atom. The van der Waals surface area contributed by atoms with Crippen LogP contribution in [0.2, 0.25) is 0 Å². The lowest BCUT2D eigenvalue weighted by Crippen LogP contribution is -2.39. The first-order valence-corrected chi connectivity index (χ1v) is 7.94. The third-order valence-electron chi connectivity index (χ3n) is 4.64. The van der Waals surface area contributed by atoms with Gasteiger partial charge in [0.25, 0.3) is 0 Å². The summed E-state index contributed by atoms with van der Waals surface area (Å²) in [6.45, 7) is 2.45. The van der Waals surface area contributed by atoms with Gasteiger partial charge in [0.15, 0.2) is 0 Å². The number of likely N-dealkylation sites (tertiary alicyclic amines) is 1. The van der Waals surface area contributed by atoms with Crippen molar-refractivity contribution < 1.29 is 24.6 Å². The molecule has 2 fully saturated rings. The third kappa shape index (κ3) is 3.56. The highest BCUT2D eigenvalue weighted by atomic mass is 16.4. The molecule has 0 unspecified atom stereocenters. The van der Waals surface area contributed by atoms with Gasteiger partial charge in [-0.1, -0.05) is 30.3 Å². The number of nitrogens with zero attached hydrogens (tertiary/aromatic N) is 1. The van der Waals surface area contributed by atoms with Crippen molar-refractivity contribution in [1.82, 2.24) is 4.90 Å². The zero-order valence-corrected chi connectivity index (χ0v) is 13.4. The van der Waals surface area contributed by atoms with E-state index in [0.717, 1.165) is 37.9 Å². The average molecular weight is 334 g/mol. The molecule has 2 atom stereocenters. The van der Waals surface area contributed by atoms with Crippen LogP contribution in [0, 0.1) is 5.92 Å². The van der Waals surface area contributed by atoms with Crippen molar-refractivity contribution in [2.75, 3.05) is 19.6 Å². The van der Waals surface area contributed by atoms with Gasteiger partial charge in [0.05, 0.1) is 5.41 Å². The summed E-state index contributed by atoms with van der Waals surface area (Å²) in [5.74, 6) is -3.01. The van der Waals surface area contributed by atoms with Crippen molar-refractivity contribution in [2.24, 2.45) is 11.7 Å². The van der Waals surface area contributed by atoms with Crippen molar-refractivity contribution in [3.63, 3.8) is 0 Å². The van der Waals surface area contributed by atoms with Crippen LogP contribution in [0.1, 0.15) is 24.8 Å². The van der Waals surface area contributed by atoms with Crippen molar-refractivity contribution in [1.29, 1.82) is 0 Å². The number of aliphatic carboxylic acids is 2. The van der Waals surface area contributed by atoms with Crippen LogP contribution in [0.3, 0.4) is 0 Å². The van der Waals surface area contributed by atoms with E-state index >= 15 is 0 Å². The molecule has 0 aromatic heterocycles. The van der Waals surface area contributed by atoms with E-state index in [1.54, 1.807) is 0 Å². The molecule has 1 aliphatic carbocycles. The number of carboxylic acids is 2. The van der Waals surface area contributed by atoms with Gasteiger partial charge in [0.2, 0.25) is 5.91 Å². The molecule has 24 heavy (non-hydrogen) atoms. The molecule has 0 spiro atoms. The first kappa shape index (κ1) is 17.9. The van der Waals surface area contributed by atoms with E-state index in [-0.39, 0.29) is 5.41 Å². The lowest BCUT2D eigenvalue weighted by molar-refractivity contribution is -0.159. The van der Waals surface area contributed by atoms with Crippen molar-refractivity contribution in [3.8, 4) is 0 Å². The van der Waals surface area contributed by atoms with Crippen molar-refractivity contribution >= 4 is 17.8 Å². The Morgan fingerprint density at radius 1 is 1.08 bits per heavy atom. The van der Waals surface area contributed by atoms with E-state index < -0.39 is 11.9 Å². The fourth-order valence-electron chi connectivity index (χ4n) is 3.29. The molecular formula is C17H22N2O5. The fraction of sp³-hybridized carbons (Fsp3) is 0.471. The summed E-state index contributed by atoms with van der Waals surface area (Å²) in [6, 6.07) is 10.2. The minimum Gasteiger partial charge on any atom is -0.473 e. The van der Waals surface area contributed by atoms with Gasteiger partial charge in [-0.3, -0.25) is 4.79 Å². The minimum absolute atomic E-state index is 0.305. The SMILES string of the molecule is NC[C@@H]1C[C@]1(C(=O)N1CCCC1)c1ccccc1.O=C(O)C(=O)O. The predicted octanol–water partition coefficient (Wildman–Crippen LogP) is 0.681. The summed E-state index contributed by atoms with van der Waals surface area (Å²) in [5.41, 5.74) is 6.66. The summed E-state index contributed by atoms with van der Waals surface area (Å²) in [6.07, 6.45) is 3.21. The smallest absolute Gasteiger partial charge is 0.414 e. The van der Waals surface area contributed by atoms with Crippen LogP contribution < -0.4 is 5.73 Å². The molecule has 1 aromatic carbocycles. The number of benzene rings is 1. The number of carboxylic acid groups (broad SMARTS) is 2. The second-order valence-electron chi connectivity index (χ2n) is 6.08. The van der Waals surface area contributed by atoms with Gasteiger partial charge >= 0.3 is 11.9 Å². The molecule has 130 valence electrons. The van der Waals surface area contributed by atoms with Gasteiger partial charge in [-0.05, 0) is 37.3 Å². The van der Waals surface area contributed by atoms with Gasteiger partial charge in [0.1, 0.15) is 0 Å². The number of carbonyl (C=O) groups is 3. The van der Waals surface area contributed by atoms with E-state index in [2.05, 4.69) is 12.1 Å². The molecule has 1 heterocycles. The maximum atomic E-state index is 12.8. The quantitative estimate of drug-likeness (QED) is 0.699. The summed E-state index contributed by atoms with van der Waals surface area (Å²) in [4.78, 5) is 33.0. The molecule has 0 radical (unpaired) electrons. The predicted molar refractivity (Wildman–Crippen MR) is 86.4 cm³/mol. The second-order valence-corrected chi connectivity index (χ2v) is 6.08. The van der Waals surface area contributed by atoms with E-state index in [4.69, 9.17) is 25.5 Å². The number of hydrogen-bond donors (Lipinski definition) is 3. The molecule has 0 bridgehead atoms. The lowest BCUT2D eigenvalue weighted by Gasteiger charge is -2.24. The maximum absolute atomic E-state index is 12.8. The normalized spacial score (nSPS) is 24.7. The number of amides is 1. The first-order chi connectivity index (χ1) is 11.4. The van der Waals surface area contributed by atoms with Crippen LogP contribution in [0.5, 0.6) is 0 Å². The zero-order valence-electron chi connectivity index (χ0n) is 13.4. The highest BCUT2D eigenvalue weighted by Gasteiger charge is 2.61. The molecule has 7 heteroatoms. The molecule has 4 N–H and O–H groups in total. The third-order valence-corrected chi connectivity index (χ3v) is 4.64.